The Hall–Kier alpha value is -1.95. The Bertz CT molecular complexity index is 728. The maximum atomic E-state index is 12.7. The largest absolute Gasteiger partial charge is 0.496 e. The van der Waals surface area contributed by atoms with Gasteiger partial charge in [-0.25, -0.2) is 4.79 Å². The Balaban J connectivity index is 2.00. The van der Waals surface area contributed by atoms with Crippen LogP contribution in [0, 0.1) is 5.41 Å². The minimum Gasteiger partial charge on any atom is -0.496 e. The van der Waals surface area contributed by atoms with Crippen LogP contribution in [-0.4, -0.2) is 48.7 Å². The second-order valence-electron chi connectivity index (χ2n) is 8.90. The molecule has 1 saturated heterocycles. The smallest absolute Gasteiger partial charge is 0.410 e. The van der Waals surface area contributed by atoms with E-state index in [9.17, 15) is 9.59 Å². The number of hydrogen-bond donors (Lipinski definition) is 1. The van der Waals surface area contributed by atoms with Crippen molar-refractivity contribution in [1.82, 2.24) is 10.2 Å². The van der Waals surface area contributed by atoms with Gasteiger partial charge < -0.3 is 19.7 Å². The average molecular weight is 411 g/mol. The summed E-state index contributed by atoms with van der Waals surface area (Å²) >= 11 is 6.24. The molecule has 1 unspecified atom stereocenters. The average Bonchev–Trinajstić information content (AvgIpc) is 2.56. The number of carbonyl (C=O) groups excluding carboxylic acids is 2. The summed E-state index contributed by atoms with van der Waals surface area (Å²) in [6, 6.07) is 5.28. The van der Waals surface area contributed by atoms with Crippen LogP contribution >= 0.6 is 11.6 Å². The first kappa shape index (κ1) is 22.3. The molecule has 1 aliphatic rings. The van der Waals surface area contributed by atoms with E-state index in [2.05, 4.69) is 5.32 Å². The summed E-state index contributed by atoms with van der Waals surface area (Å²) in [5.74, 6) is 0.483. The summed E-state index contributed by atoms with van der Waals surface area (Å²) in [7, 11) is 1.56. The highest BCUT2D eigenvalue weighted by Gasteiger charge is 2.39. The summed E-state index contributed by atoms with van der Waals surface area (Å²) in [5, 5.41) is 3.62. The van der Waals surface area contributed by atoms with Crippen LogP contribution < -0.4 is 10.1 Å². The summed E-state index contributed by atoms with van der Waals surface area (Å²) in [6.07, 6.45) is 0.495. The van der Waals surface area contributed by atoms with Crippen molar-refractivity contribution in [2.75, 3.05) is 20.2 Å². The van der Waals surface area contributed by atoms with Gasteiger partial charge in [0.05, 0.1) is 13.5 Å². The highest BCUT2D eigenvalue weighted by Crippen LogP contribution is 2.31. The van der Waals surface area contributed by atoms with E-state index in [0.717, 1.165) is 0 Å². The molecule has 1 aromatic carbocycles. The van der Waals surface area contributed by atoms with Gasteiger partial charge in [-0.05, 0) is 39.3 Å². The van der Waals surface area contributed by atoms with Crippen molar-refractivity contribution in [2.24, 2.45) is 5.41 Å². The van der Waals surface area contributed by atoms with E-state index in [0.29, 0.717) is 35.8 Å². The number of methoxy groups -OCH3 is 1. The molecule has 0 aliphatic carbocycles. The second kappa shape index (κ2) is 8.60. The first-order chi connectivity index (χ1) is 12.9. The maximum absolute atomic E-state index is 12.7. The zero-order valence-electron chi connectivity index (χ0n) is 17.6. The van der Waals surface area contributed by atoms with E-state index >= 15 is 0 Å². The molecule has 2 amide bonds. The number of ether oxygens (including phenoxy) is 2. The van der Waals surface area contributed by atoms with Crippen molar-refractivity contribution in [2.45, 2.75) is 59.1 Å². The fourth-order valence-corrected chi connectivity index (χ4v) is 3.65. The van der Waals surface area contributed by atoms with Crippen molar-refractivity contribution in [3.63, 3.8) is 0 Å². The van der Waals surface area contributed by atoms with Gasteiger partial charge in [0.15, 0.2) is 0 Å². The van der Waals surface area contributed by atoms with Gasteiger partial charge in [-0.3, -0.25) is 4.79 Å². The molecule has 0 saturated carbocycles. The number of piperidine rings is 1. The molecule has 0 bridgehead atoms. The third-order valence-electron chi connectivity index (χ3n) is 4.85. The lowest BCUT2D eigenvalue weighted by molar-refractivity contribution is -0.122. The van der Waals surface area contributed by atoms with Crippen molar-refractivity contribution in [3.8, 4) is 5.75 Å². The SMILES string of the molecule is COc1cccc(Cl)c1CC(=O)NC1CCN(C(=O)OC(C)(C)C)CC1(C)C. The number of benzene rings is 1. The lowest BCUT2D eigenvalue weighted by Crippen LogP contribution is -2.57. The van der Waals surface area contributed by atoms with Gasteiger partial charge in [-0.2, -0.15) is 0 Å². The lowest BCUT2D eigenvalue weighted by atomic mass is 9.79. The number of amides is 2. The topological polar surface area (TPSA) is 67.9 Å². The molecule has 1 atom stereocenters. The first-order valence-corrected chi connectivity index (χ1v) is 9.89. The van der Waals surface area contributed by atoms with E-state index in [1.165, 1.54) is 0 Å². The normalized spacial score (nSPS) is 19.1. The minimum absolute atomic E-state index is 0.0489. The number of nitrogens with one attached hydrogen (secondary N) is 1. The van der Waals surface area contributed by atoms with Crippen LogP contribution in [-0.2, 0) is 16.0 Å². The Morgan fingerprint density at radius 2 is 2.00 bits per heavy atom. The number of rotatable bonds is 4. The lowest BCUT2D eigenvalue weighted by Gasteiger charge is -2.44. The predicted molar refractivity (Wildman–Crippen MR) is 110 cm³/mol. The minimum atomic E-state index is -0.527. The van der Waals surface area contributed by atoms with Crippen molar-refractivity contribution < 1.29 is 19.1 Å². The van der Waals surface area contributed by atoms with E-state index < -0.39 is 5.60 Å². The van der Waals surface area contributed by atoms with E-state index in [-0.39, 0.29) is 29.9 Å². The molecular weight excluding hydrogens is 380 g/mol. The molecule has 0 aromatic heterocycles. The van der Waals surface area contributed by atoms with E-state index in [4.69, 9.17) is 21.1 Å². The van der Waals surface area contributed by atoms with Gasteiger partial charge in [-0.1, -0.05) is 31.5 Å². The van der Waals surface area contributed by atoms with Gasteiger partial charge in [0, 0.05) is 35.1 Å². The summed E-state index contributed by atoms with van der Waals surface area (Å²) in [4.78, 5) is 26.7. The maximum Gasteiger partial charge on any atom is 0.410 e. The summed E-state index contributed by atoms with van der Waals surface area (Å²) < 4.78 is 10.8. The fourth-order valence-electron chi connectivity index (χ4n) is 3.41. The molecule has 156 valence electrons. The molecule has 28 heavy (non-hydrogen) atoms. The molecule has 0 radical (unpaired) electrons. The van der Waals surface area contributed by atoms with Gasteiger partial charge in [0.1, 0.15) is 11.4 Å². The van der Waals surface area contributed by atoms with Gasteiger partial charge in [0.25, 0.3) is 0 Å². The molecule has 1 fully saturated rings. The van der Waals surface area contributed by atoms with Crippen LogP contribution in [0.2, 0.25) is 5.02 Å². The summed E-state index contributed by atoms with van der Waals surface area (Å²) in [6.45, 7) is 10.7. The fraction of sp³-hybridized carbons (Fsp3) is 0.619. The number of nitrogens with zero attached hydrogens (tertiary/aromatic N) is 1. The Labute approximate surface area is 172 Å². The standard InChI is InChI=1S/C21H31ClN2O4/c1-20(2,3)28-19(26)24-11-10-17(21(4,5)13-24)23-18(25)12-14-15(22)8-7-9-16(14)27-6/h7-9,17H,10-13H2,1-6H3,(H,23,25). The summed E-state index contributed by atoms with van der Waals surface area (Å²) in [5.41, 5.74) is -0.136. The molecule has 2 rings (SSSR count). The third-order valence-corrected chi connectivity index (χ3v) is 5.20. The predicted octanol–water partition coefficient (Wildman–Crippen LogP) is 4.04. The molecule has 6 nitrogen and oxygen atoms in total. The van der Waals surface area contributed by atoms with Gasteiger partial charge >= 0.3 is 6.09 Å². The molecule has 1 N–H and O–H groups in total. The molecule has 1 aliphatic heterocycles. The van der Waals surface area contributed by atoms with E-state index in [1.54, 1.807) is 30.2 Å². The van der Waals surface area contributed by atoms with Gasteiger partial charge in [-0.15, -0.1) is 0 Å². The second-order valence-corrected chi connectivity index (χ2v) is 9.30. The zero-order valence-corrected chi connectivity index (χ0v) is 18.4. The Kier molecular flexibility index (Phi) is 6.86. The Morgan fingerprint density at radius 3 is 2.57 bits per heavy atom. The van der Waals surface area contributed by atoms with Crippen LogP contribution in [0.3, 0.4) is 0 Å². The zero-order chi connectivity index (χ0) is 21.1. The van der Waals surface area contributed by atoms with Gasteiger partial charge in [0.2, 0.25) is 5.91 Å². The van der Waals surface area contributed by atoms with Crippen LogP contribution in [0.15, 0.2) is 18.2 Å². The van der Waals surface area contributed by atoms with Crippen molar-refractivity contribution >= 4 is 23.6 Å². The molecule has 1 aromatic rings. The van der Waals surface area contributed by atoms with Crippen molar-refractivity contribution in [1.29, 1.82) is 0 Å². The number of hydrogen-bond acceptors (Lipinski definition) is 4. The molecule has 7 heteroatoms. The van der Waals surface area contributed by atoms with Crippen LogP contribution in [0.25, 0.3) is 0 Å². The number of likely N-dealkylation sites (tertiary alicyclic amines) is 1. The highest BCUT2D eigenvalue weighted by molar-refractivity contribution is 6.31. The van der Waals surface area contributed by atoms with Crippen molar-refractivity contribution in [3.05, 3.63) is 28.8 Å². The molecular formula is C21H31ClN2O4. The van der Waals surface area contributed by atoms with Crippen LogP contribution in [0.1, 0.15) is 46.6 Å². The monoisotopic (exact) mass is 410 g/mol. The number of carbonyl (C=O) groups is 2. The molecule has 0 spiro atoms. The van der Waals surface area contributed by atoms with Crippen LogP contribution in [0.5, 0.6) is 5.75 Å². The Morgan fingerprint density at radius 1 is 1.32 bits per heavy atom. The van der Waals surface area contributed by atoms with Crippen LogP contribution in [0.4, 0.5) is 4.79 Å². The quantitative estimate of drug-likeness (QED) is 0.813. The molecule has 1 heterocycles. The first-order valence-electron chi connectivity index (χ1n) is 9.51. The van der Waals surface area contributed by atoms with E-state index in [1.807, 2.05) is 34.6 Å². The third kappa shape index (κ3) is 5.77. The highest BCUT2D eigenvalue weighted by atomic mass is 35.5. The number of halogens is 1.